The van der Waals surface area contributed by atoms with Gasteiger partial charge in [0.2, 0.25) is 5.91 Å². The zero-order chi connectivity index (χ0) is 13.7. The largest absolute Gasteiger partial charge is 0.478 e. The van der Waals surface area contributed by atoms with Crippen molar-refractivity contribution in [1.29, 1.82) is 0 Å². The molecule has 98 valence electrons. The van der Waals surface area contributed by atoms with Gasteiger partial charge in [0, 0.05) is 6.04 Å². The zero-order valence-corrected chi connectivity index (χ0v) is 10.4. The Balaban J connectivity index is 2.71. The van der Waals surface area contributed by atoms with Crippen molar-refractivity contribution in [2.45, 2.75) is 19.9 Å². The van der Waals surface area contributed by atoms with E-state index in [0.717, 1.165) is 0 Å². The molecular formula is C12H17N3O3. The normalized spacial score (nSPS) is 10.2. The molecule has 5 N–H and O–H groups in total. The lowest BCUT2D eigenvalue weighted by molar-refractivity contribution is -0.119. The van der Waals surface area contributed by atoms with Crippen LogP contribution in [0, 0.1) is 0 Å². The van der Waals surface area contributed by atoms with Gasteiger partial charge in [0.15, 0.2) is 0 Å². The summed E-state index contributed by atoms with van der Waals surface area (Å²) in [6.45, 7) is 3.76. The number of carbonyl (C=O) groups excluding carboxylic acids is 1. The lowest BCUT2D eigenvalue weighted by Gasteiger charge is -2.12. The Bertz CT molecular complexity index is 458. The van der Waals surface area contributed by atoms with Crippen LogP contribution in [0.4, 0.5) is 11.4 Å². The first-order chi connectivity index (χ1) is 8.41. The molecule has 0 aliphatic heterocycles. The topological polar surface area (TPSA) is 104 Å². The van der Waals surface area contributed by atoms with E-state index in [1.54, 1.807) is 12.1 Å². The fourth-order valence-electron chi connectivity index (χ4n) is 1.45. The van der Waals surface area contributed by atoms with Gasteiger partial charge in [-0.15, -0.1) is 0 Å². The van der Waals surface area contributed by atoms with Crippen molar-refractivity contribution in [2.24, 2.45) is 0 Å². The van der Waals surface area contributed by atoms with E-state index in [9.17, 15) is 9.59 Å². The minimum atomic E-state index is -1.09. The summed E-state index contributed by atoms with van der Waals surface area (Å²) < 4.78 is 0. The number of carboxylic acid groups (broad SMARTS) is 1. The summed E-state index contributed by atoms with van der Waals surface area (Å²) in [5.41, 5.74) is 6.28. The molecule has 0 radical (unpaired) electrons. The summed E-state index contributed by atoms with van der Waals surface area (Å²) in [6, 6.07) is 4.67. The quantitative estimate of drug-likeness (QED) is 0.582. The van der Waals surface area contributed by atoms with E-state index in [0.29, 0.717) is 5.69 Å². The number of anilines is 2. The predicted octanol–water partition coefficient (Wildman–Crippen LogP) is 0.903. The maximum atomic E-state index is 11.4. The monoisotopic (exact) mass is 251 g/mol. The first-order valence-corrected chi connectivity index (χ1v) is 5.57. The molecule has 18 heavy (non-hydrogen) atoms. The van der Waals surface area contributed by atoms with E-state index >= 15 is 0 Å². The predicted molar refractivity (Wildman–Crippen MR) is 69.6 cm³/mol. The highest BCUT2D eigenvalue weighted by atomic mass is 16.4. The van der Waals surface area contributed by atoms with Crippen LogP contribution in [0.5, 0.6) is 0 Å². The molecule has 6 heteroatoms. The number of rotatable bonds is 5. The van der Waals surface area contributed by atoms with Gasteiger partial charge in [-0.1, -0.05) is 6.07 Å². The molecule has 0 aliphatic rings. The Hall–Kier alpha value is -2.24. The van der Waals surface area contributed by atoms with Crippen LogP contribution >= 0.6 is 0 Å². The van der Waals surface area contributed by atoms with Crippen LogP contribution < -0.4 is 16.4 Å². The van der Waals surface area contributed by atoms with Gasteiger partial charge in [-0.05, 0) is 26.0 Å². The standard InChI is InChI=1S/C12H17N3O3/c1-7(2)15-10(16)6-14-9-5-3-4-8(11(9)13)12(17)18/h3-5,7,14H,6,13H2,1-2H3,(H,15,16)(H,17,18). The summed E-state index contributed by atoms with van der Waals surface area (Å²) >= 11 is 0. The number of carboxylic acids is 1. The van der Waals surface area contributed by atoms with Crippen LogP contribution in [0.1, 0.15) is 24.2 Å². The highest BCUT2D eigenvalue weighted by Crippen LogP contribution is 2.22. The highest BCUT2D eigenvalue weighted by Gasteiger charge is 2.11. The fourth-order valence-corrected chi connectivity index (χ4v) is 1.45. The molecule has 1 aromatic rings. The molecule has 6 nitrogen and oxygen atoms in total. The van der Waals surface area contributed by atoms with Gasteiger partial charge in [0.25, 0.3) is 0 Å². The third-order valence-corrected chi connectivity index (χ3v) is 2.23. The lowest BCUT2D eigenvalue weighted by atomic mass is 10.1. The number of amides is 1. The maximum Gasteiger partial charge on any atom is 0.337 e. The number of nitrogens with one attached hydrogen (secondary N) is 2. The SMILES string of the molecule is CC(C)NC(=O)CNc1cccc(C(=O)O)c1N. The molecule has 0 bridgehead atoms. The summed E-state index contributed by atoms with van der Waals surface area (Å²) in [6.07, 6.45) is 0. The van der Waals surface area contributed by atoms with E-state index in [-0.39, 0.29) is 29.7 Å². The molecule has 0 aromatic heterocycles. The molecule has 0 saturated carbocycles. The summed E-state index contributed by atoms with van der Waals surface area (Å²) in [4.78, 5) is 22.3. The number of carbonyl (C=O) groups is 2. The second-order valence-corrected chi connectivity index (χ2v) is 4.15. The fraction of sp³-hybridized carbons (Fsp3) is 0.333. The molecule has 1 aromatic carbocycles. The van der Waals surface area contributed by atoms with Crippen molar-refractivity contribution in [3.05, 3.63) is 23.8 Å². The number of para-hydroxylation sites is 1. The lowest BCUT2D eigenvalue weighted by Crippen LogP contribution is -2.35. The first kappa shape index (κ1) is 13.8. The molecule has 0 unspecified atom stereocenters. The minimum absolute atomic E-state index is 0.0178. The van der Waals surface area contributed by atoms with Crippen LogP contribution in [0.2, 0.25) is 0 Å². The zero-order valence-electron chi connectivity index (χ0n) is 10.4. The van der Waals surface area contributed by atoms with Crippen molar-refractivity contribution in [3.63, 3.8) is 0 Å². The number of hydrogen-bond donors (Lipinski definition) is 4. The average molecular weight is 251 g/mol. The third kappa shape index (κ3) is 3.65. The van der Waals surface area contributed by atoms with Gasteiger partial charge in [0.05, 0.1) is 23.5 Å². The third-order valence-electron chi connectivity index (χ3n) is 2.23. The Kier molecular flexibility index (Phi) is 4.53. The van der Waals surface area contributed by atoms with Crippen LogP contribution in [0.25, 0.3) is 0 Å². The van der Waals surface area contributed by atoms with E-state index in [4.69, 9.17) is 10.8 Å². The molecule has 0 aliphatic carbocycles. The molecule has 0 fully saturated rings. The van der Waals surface area contributed by atoms with Gasteiger partial charge in [0.1, 0.15) is 0 Å². The molecule has 0 heterocycles. The Morgan fingerprint density at radius 1 is 1.39 bits per heavy atom. The van der Waals surface area contributed by atoms with E-state index in [1.165, 1.54) is 6.07 Å². The van der Waals surface area contributed by atoms with Crippen molar-refractivity contribution >= 4 is 23.3 Å². The molecule has 0 saturated heterocycles. The molecule has 1 rings (SSSR count). The molecular weight excluding hydrogens is 234 g/mol. The summed E-state index contributed by atoms with van der Waals surface area (Å²) in [5, 5.41) is 14.4. The number of nitrogens with two attached hydrogens (primary N) is 1. The van der Waals surface area contributed by atoms with Crippen molar-refractivity contribution in [2.75, 3.05) is 17.6 Å². The van der Waals surface area contributed by atoms with Gasteiger partial charge in [-0.25, -0.2) is 4.79 Å². The van der Waals surface area contributed by atoms with Crippen LogP contribution in [0.3, 0.4) is 0 Å². The molecule has 0 spiro atoms. The Labute approximate surface area is 105 Å². The van der Waals surface area contributed by atoms with E-state index < -0.39 is 5.97 Å². The maximum absolute atomic E-state index is 11.4. The average Bonchev–Trinajstić information content (AvgIpc) is 2.26. The number of benzene rings is 1. The summed E-state index contributed by atoms with van der Waals surface area (Å²) in [7, 11) is 0. The smallest absolute Gasteiger partial charge is 0.337 e. The summed E-state index contributed by atoms with van der Waals surface area (Å²) in [5.74, 6) is -1.27. The number of hydrogen-bond acceptors (Lipinski definition) is 4. The molecule has 0 atom stereocenters. The van der Waals surface area contributed by atoms with Crippen molar-refractivity contribution < 1.29 is 14.7 Å². The van der Waals surface area contributed by atoms with Crippen molar-refractivity contribution in [3.8, 4) is 0 Å². The van der Waals surface area contributed by atoms with Gasteiger partial charge in [-0.3, -0.25) is 4.79 Å². The van der Waals surface area contributed by atoms with Gasteiger partial charge < -0.3 is 21.5 Å². The second kappa shape index (κ2) is 5.90. The van der Waals surface area contributed by atoms with E-state index in [2.05, 4.69) is 10.6 Å². The Morgan fingerprint density at radius 3 is 2.61 bits per heavy atom. The van der Waals surface area contributed by atoms with Gasteiger partial charge in [-0.2, -0.15) is 0 Å². The second-order valence-electron chi connectivity index (χ2n) is 4.15. The van der Waals surface area contributed by atoms with Gasteiger partial charge >= 0.3 is 5.97 Å². The molecule has 1 amide bonds. The number of aromatic carboxylic acids is 1. The Morgan fingerprint density at radius 2 is 2.06 bits per heavy atom. The van der Waals surface area contributed by atoms with E-state index in [1.807, 2.05) is 13.8 Å². The van der Waals surface area contributed by atoms with Crippen LogP contribution in [0.15, 0.2) is 18.2 Å². The first-order valence-electron chi connectivity index (χ1n) is 5.57. The van der Waals surface area contributed by atoms with Crippen LogP contribution in [-0.2, 0) is 4.79 Å². The number of nitrogen functional groups attached to an aromatic ring is 1. The highest BCUT2D eigenvalue weighted by molar-refractivity contribution is 5.97. The van der Waals surface area contributed by atoms with Crippen LogP contribution in [-0.4, -0.2) is 29.6 Å². The minimum Gasteiger partial charge on any atom is -0.478 e. The van der Waals surface area contributed by atoms with Crippen molar-refractivity contribution in [1.82, 2.24) is 5.32 Å².